The van der Waals surface area contributed by atoms with Gasteiger partial charge in [-0.15, -0.1) is 0 Å². The van der Waals surface area contributed by atoms with Gasteiger partial charge in [-0.1, -0.05) is 0 Å². The first-order chi connectivity index (χ1) is 0. The summed E-state index contributed by atoms with van der Waals surface area (Å²) in [6.45, 7) is 0. The van der Waals surface area contributed by atoms with Crippen LogP contribution in [0.4, 0.5) is 0 Å². The molecule has 0 aliphatic heterocycles. The summed E-state index contributed by atoms with van der Waals surface area (Å²) in [6, 6.07) is 0. The summed E-state index contributed by atoms with van der Waals surface area (Å²) in [5, 5.41) is 0. The molecule has 0 fully saturated rings. The van der Waals surface area contributed by atoms with Gasteiger partial charge in [-0.2, -0.15) is 0 Å². The standard InChI is InChI=1S/K.Nb.H2O.2O/h;;1H2;;/q+1;;;2*-2/p-1. The van der Waals surface area contributed by atoms with Crippen LogP contribution in [-0.4, -0.2) is 5.48 Å². The molecule has 0 spiro atoms. The molecule has 0 aliphatic rings. The minimum atomic E-state index is 0. The molecule has 0 aromatic carbocycles. The summed E-state index contributed by atoms with van der Waals surface area (Å²) in [5.74, 6) is 0. The fraction of sp³-hybridized carbons (Fsp3) is 0. The third kappa shape index (κ3) is 22.3. The van der Waals surface area contributed by atoms with Crippen molar-refractivity contribution in [3.63, 3.8) is 0 Å². The van der Waals surface area contributed by atoms with Crippen molar-refractivity contribution in [2.24, 2.45) is 0 Å². The molecule has 0 aromatic rings. The van der Waals surface area contributed by atoms with Crippen LogP contribution in [0.15, 0.2) is 0 Å². The van der Waals surface area contributed by atoms with Crippen LogP contribution in [0.1, 0.15) is 0 Å². The molecule has 1 N–H and O–H groups in total. The summed E-state index contributed by atoms with van der Waals surface area (Å²) in [6.07, 6.45) is 0. The van der Waals surface area contributed by atoms with Crippen molar-refractivity contribution in [3.8, 4) is 0 Å². The van der Waals surface area contributed by atoms with E-state index < -0.39 is 0 Å². The molecule has 29 valence electrons. The predicted octanol–water partition coefficient (Wildman–Crippen LogP) is -3.41. The van der Waals surface area contributed by atoms with Crippen molar-refractivity contribution in [2.45, 2.75) is 0 Å². The Bertz CT molecular complexity index is 6.85. The molecule has 3 nitrogen and oxygen atoms in total. The Balaban J connectivity index is 0. The minimum Gasteiger partial charge on any atom is -2.00 e. The normalized spacial score (nSPS) is 0. The Labute approximate surface area is 88.4 Å². The van der Waals surface area contributed by atoms with Crippen LogP contribution in [0.5, 0.6) is 0 Å². The van der Waals surface area contributed by atoms with E-state index in [2.05, 4.69) is 0 Å². The SMILES string of the molecule is [K+].[Nb].[O-2].[O-2].[OH-]. The average molecular weight is 181 g/mol. The molecule has 1 radical (unpaired) electrons. The minimum absolute atomic E-state index is 0. The van der Waals surface area contributed by atoms with Crippen LogP contribution < -0.4 is 51.4 Å². The summed E-state index contributed by atoms with van der Waals surface area (Å²) in [5.41, 5.74) is 0. The van der Waals surface area contributed by atoms with E-state index in [4.69, 9.17) is 0 Å². The van der Waals surface area contributed by atoms with E-state index in [1.54, 1.807) is 0 Å². The number of rotatable bonds is 0. The Morgan fingerprint density at radius 2 is 0.800 bits per heavy atom. The Morgan fingerprint density at radius 3 is 0.800 bits per heavy atom. The molecule has 0 aliphatic carbocycles. The van der Waals surface area contributed by atoms with Crippen LogP contribution in [0.2, 0.25) is 0 Å². The van der Waals surface area contributed by atoms with Crippen LogP contribution in [0.3, 0.4) is 0 Å². The molecule has 0 saturated heterocycles. The first kappa shape index (κ1) is 55.8. The largest absolute Gasteiger partial charge is 2.00 e. The molecule has 5 heteroatoms. The fourth-order valence-electron chi connectivity index (χ4n) is 0. The third-order valence-electron chi connectivity index (χ3n) is 0. The van der Waals surface area contributed by atoms with E-state index in [-0.39, 0.29) is 90.2 Å². The molecule has 0 unspecified atom stereocenters. The van der Waals surface area contributed by atoms with Crippen LogP contribution in [-0.2, 0) is 33.3 Å². The van der Waals surface area contributed by atoms with Crippen molar-refractivity contribution in [2.75, 3.05) is 0 Å². The molecule has 0 aromatic heterocycles. The van der Waals surface area contributed by atoms with E-state index >= 15 is 0 Å². The van der Waals surface area contributed by atoms with Gasteiger partial charge in [0.2, 0.25) is 0 Å². The molecule has 0 bridgehead atoms. The van der Waals surface area contributed by atoms with Gasteiger partial charge in [0.25, 0.3) is 0 Å². The van der Waals surface area contributed by atoms with Gasteiger partial charge in [0.05, 0.1) is 0 Å². The summed E-state index contributed by atoms with van der Waals surface area (Å²) >= 11 is 0. The maximum atomic E-state index is 0. The molecule has 0 amide bonds. The van der Waals surface area contributed by atoms with E-state index in [1.807, 2.05) is 0 Å². The molecular weight excluding hydrogens is 180 g/mol. The van der Waals surface area contributed by atoms with Crippen molar-refractivity contribution in [1.82, 2.24) is 0 Å². The van der Waals surface area contributed by atoms with Crippen molar-refractivity contribution in [3.05, 3.63) is 0 Å². The second-order valence-electron chi connectivity index (χ2n) is 0. The first-order valence-electron chi connectivity index (χ1n) is 0. The molecule has 0 saturated carbocycles. The maximum absolute atomic E-state index is 0. The summed E-state index contributed by atoms with van der Waals surface area (Å²) in [4.78, 5) is 0. The molecule has 0 atom stereocenters. The summed E-state index contributed by atoms with van der Waals surface area (Å²) in [7, 11) is 0. The molecule has 0 heterocycles. The van der Waals surface area contributed by atoms with E-state index in [9.17, 15) is 0 Å². The van der Waals surface area contributed by atoms with Gasteiger partial charge in [-0.05, 0) is 0 Å². The van der Waals surface area contributed by atoms with E-state index in [1.165, 1.54) is 0 Å². The van der Waals surface area contributed by atoms with Gasteiger partial charge in [0.15, 0.2) is 0 Å². The molecule has 5 heavy (non-hydrogen) atoms. The third-order valence-corrected chi connectivity index (χ3v) is 0. The van der Waals surface area contributed by atoms with Crippen LogP contribution >= 0.6 is 0 Å². The van der Waals surface area contributed by atoms with Gasteiger partial charge in [-0.25, -0.2) is 0 Å². The first-order valence-corrected chi connectivity index (χ1v) is 0. The zero-order valence-electron chi connectivity index (χ0n) is 2.71. The fourth-order valence-corrected chi connectivity index (χ4v) is 0. The van der Waals surface area contributed by atoms with Gasteiger partial charge < -0.3 is 16.4 Å². The van der Waals surface area contributed by atoms with Crippen molar-refractivity contribution < 1.29 is 90.2 Å². The Hall–Kier alpha value is 2.26. The summed E-state index contributed by atoms with van der Waals surface area (Å²) < 4.78 is 0. The van der Waals surface area contributed by atoms with Crippen LogP contribution in [0, 0.1) is 0 Å². The molecular formula is HKNbO3-4. The molecule has 0 rings (SSSR count). The van der Waals surface area contributed by atoms with Crippen molar-refractivity contribution >= 4 is 0 Å². The topological polar surface area (TPSA) is 87.0 Å². The maximum Gasteiger partial charge on any atom is 1.00 e. The van der Waals surface area contributed by atoms with Gasteiger partial charge in [0.1, 0.15) is 0 Å². The smallest absolute Gasteiger partial charge is 1.00 e. The Kier molecular flexibility index (Phi) is 379. The Morgan fingerprint density at radius 1 is 0.800 bits per heavy atom. The van der Waals surface area contributed by atoms with Crippen molar-refractivity contribution in [1.29, 1.82) is 0 Å². The monoisotopic (exact) mass is 181 g/mol. The van der Waals surface area contributed by atoms with Gasteiger partial charge in [0, 0.05) is 22.4 Å². The van der Waals surface area contributed by atoms with Gasteiger partial charge in [-0.3, -0.25) is 0 Å². The quantitative estimate of drug-likeness (QED) is 0.358. The second kappa shape index (κ2) is 33.9. The van der Waals surface area contributed by atoms with Crippen LogP contribution in [0.25, 0.3) is 0 Å². The van der Waals surface area contributed by atoms with E-state index in [0.29, 0.717) is 0 Å². The zero-order chi connectivity index (χ0) is 0. The number of hydrogen-bond acceptors (Lipinski definition) is 1. The van der Waals surface area contributed by atoms with Gasteiger partial charge >= 0.3 is 51.4 Å². The van der Waals surface area contributed by atoms with E-state index in [0.717, 1.165) is 0 Å². The second-order valence-corrected chi connectivity index (χ2v) is 0. The zero-order valence-corrected chi connectivity index (χ0v) is 8.03. The number of hydrogen-bond donors (Lipinski definition) is 0. The predicted molar refractivity (Wildman–Crippen MR) is 3.31 cm³/mol. The average Bonchev–Trinajstić information content (AvgIpc) is 0.